The number of halogens is 3. The molecule has 2 fully saturated rings. The minimum Gasteiger partial charge on any atom is -0.366 e. The third kappa shape index (κ3) is 2.69. The van der Waals surface area contributed by atoms with E-state index in [9.17, 15) is 13.2 Å². The molecule has 2 nitrogen and oxygen atoms in total. The van der Waals surface area contributed by atoms with Crippen LogP contribution in [-0.4, -0.2) is 43.4 Å². The largest absolute Gasteiger partial charge is 0.415 e. The predicted molar refractivity (Wildman–Crippen MR) is 54.2 cm³/mol. The van der Waals surface area contributed by atoms with Crippen LogP contribution in [0.2, 0.25) is 0 Å². The molecule has 1 aliphatic carbocycles. The van der Waals surface area contributed by atoms with E-state index in [0.717, 1.165) is 25.8 Å². The minimum atomic E-state index is -4.22. The lowest BCUT2D eigenvalue weighted by Crippen LogP contribution is -2.50. The summed E-state index contributed by atoms with van der Waals surface area (Å²) in [4.78, 5) is 1.91. The molecule has 16 heavy (non-hydrogen) atoms. The zero-order chi connectivity index (χ0) is 11.8. The fraction of sp³-hybridized carbons (Fsp3) is 1.00. The molecule has 0 N–H and O–H groups in total. The van der Waals surface area contributed by atoms with Crippen molar-refractivity contribution in [2.24, 2.45) is 5.41 Å². The summed E-state index contributed by atoms with van der Waals surface area (Å²) in [6.45, 7) is 3.76. The van der Waals surface area contributed by atoms with E-state index >= 15 is 0 Å². The Labute approximate surface area is 93.7 Å². The lowest BCUT2D eigenvalue weighted by atomic mass is 10.0. The second-order valence-electron chi connectivity index (χ2n) is 4.99. The molecule has 0 unspecified atom stereocenters. The zero-order valence-electron chi connectivity index (χ0n) is 9.52. The van der Waals surface area contributed by atoms with Gasteiger partial charge < -0.3 is 4.74 Å². The van der Waals surface area contributed by atoms with E-state index in [1.165, 1.54) is 0 Å². The van der Waals surface area contributed by atoms with E-state index in [1.807, 2.05) is 4.90 Å². The average molecular weight is 237 g/mol. The van der Waals surface area contributed by atoms with E-state index in [2.05, 4.69) is 6.92 Å². The number of hydrogen-bond donors (Lipinski definition) is 0. The highest BCUT2D eigenvalue weighted by molar-refractivity contribution is 4.95. The Morgan fingerprint density at radius 3 is 2.56 bits per heavy atom. The Hall–Kier alpha value is -0.290. The molecule has 0 radical (unpaired) electrons. The average Bonchev–Trinajstić information content (AvgIpc) is 2.98. The molecular weight excluding hydrogens is 219 g/mol. The second-order valence-corrected chi connectivity index (χ2v) is 4.99. The van der Waals surface area contributed by atoms with Gasteiger partial charge in [0.1, 0.15) is 0 Å². The topological polar surface area (TPSA) is 12.5 Å². The van der Waals surface area contributed by atoms with Crippen molar-refractivity contribution >= 4 is 0 Å². The molecule has 1 aliphatic heterocycles. The molecule has 1 saturated carbocycles. The SMILES string of the molecule is CCC1(CN2CCO[C@@H](C(F)(F)F)C2)CC1. The summed E-state index contributed by atoms with van der Waals surface area (Å²) in [7, 11) is 0. The Balaban J connectivity index is 1.87. The molecular formula is C11H18F3NO. The predicted octanol–water partition coefficient (Wildman–Crippen LogP) is 2.44. The molecule has 2 rings (SSSR count). The van der Waals surface area contributed by atoms with E-state index < -0.39 is 12.3 Å². The lowest BCUT2D eigenvalue weighted by molar-refractivity contribution is -0.237. The Kier molecular flexibility index (Phi) is 3.18. The first kappa shape index (κ1) is 12.2. The van der Waals surface area contributed by atoms with Crippen LogP contribution in [0, 0.1) is 5.41 Å². The Morgan fingerprint density at radius 1 is 1.38 bits per heavy atom. The van der Waals surface area contributed by atoms with Crippen LogP contribution in [0.15, 0.2) is 0 Å². The van der Waals surface area contributed by atoms with Crippen molar-refractivity contribution in [1.82, 2.24) is 4.90 Å². The van der Waals surface area contributed by atoms with Crippen molar-refractivity contribution in [1.29, 1.82) is 0 Å². The maximum absolute atomic E-state index is 12.5. The van der Waals surface area contributed by atoms with Crippen LogP contribution >= 0.6 is 0 Å². The zero-order valence-corrected chi connectivity index (χ0v) is 9.52. The second kappa shape index (κ2) is 4.18. The van der Waals surface area contributed by atoms with E-state index in [-0.39, 0.29) is 13.2 Å². The number of morpholine rings is 1. The smallest absolute Gasteiger partial charge is 0.366 e. The monoisotopic (exact) mass is 237 g/mol. The number of nitrogens with zero attached hydrogens (tertiary/aromatic N) is 1. The van der Waals surface area contributed by atoms with Crippen molar-refractivity contribution in [2.75, 3.05) is 26.2 Å². The van der Waals surface area contributed by atoms with Gasteiger partial charge in [0.05, 0.1) is 6.61 Å². The Bertz CT molecular complexity index is 250. The molecule has 0 aromatic heterocycles. The van der Waals surface area contributed by atoms with Gasteiger partial charge in [0.2, 0.25) is 0 Å². The summed E-state index contributed by atoms with van der Waals surface area (Å²) in [5, 5.41) is 0. The highest BCUT2D eigenvalue weighted by Gasteiger charge is 2.47. The highest BCUT2D eigenvalue weighted by atomic mass is 19.4. The molecule has 0 aromatic rings. The number of alkyl halides is 3. The number of hydrogen-bond acceptors (Lipinski definition) is 2. The lowest BCUT2D eigenvalue weighted by Gasteiger charge is -2.35. The summed E-state index contributed by atoms with van der Waals surface area (Å²) in [5.74, 6) is 0. The molecule has 1 saturated heterocycles. The first-order valence-corrected chi connectivity index (χ1v) is 5.86. The van der Waals surface area contributed by atoms with Gasteiger partial charge in [-0.1, -0.05) is 6.92 Å². The minimum absolute atomic E-state index is 0.00521. The standard InChI is InChI=1S/C11H18F3NO/c1-2-10(3-4-10)8-15-5-6-16-9(7-15)11(12,13)14/h9H,2-8H2,1H3/t9-/m1/s1. The van der Waals surface area contributed by atoms with E-state index in [0.29, 0.717) is 12.0 Å². The molecule has 94 valence electrons. The maximum Gasteiger partial charge on any atom is 0.415 e. The molecule has 0 aromatic carbocycles. The van der Waals surface area contributed by atoms with Crippen LogP contribution in [0.1, 0.15) is 26.2 Å². The van der Waals surface area contributed by atoms with Crippen LogP contribution in [0.4, 0.5) is 13.2 Å². The normalized spacial score (nSPS) is 30.4. The fourth-order valence-corrected chi connectivity index (χ4v) is 2.32. The summed E-state index contributed by atoms with van der Waals surface area (Å²) in [5.41, 5.74) is 0.313. The van der Waals surface area contributed by atoms with Crippen LogP contribution in [-0.2, 0) is 4.74 Å². The third-order valence-corrected chi connectivity index (χ3v) is 3.78. The van der Waals surface area contributed by atoms with Crippen molar-refractivity contribution < 1.29 is 17.9 Å². The molecule has 0 spiro atoms. The van der Waals surface area contributed by atoms with E-state index in [4.69, 9.17) is 4.74 Å². The van der Waals surface area contributed by atoms with Crippen molar-refractivity contribution in [3.05, 3.63) is 0 Å². The van der Waals surface area contributed by atoms with Crippen LogP contribution in [0.5, 0.6) is 0 Å². The summed E-state index contributed by atoms with van der Waals surface area (Å²) in [6.07, 6.45) is -2.41. The van der Waals surface area contributed by atoms with Gasteiger partial charge in [-0.2, -0.15) is 13.2 Å². The van der Waals surface area contributed by atoms with Gasteiger partial charge in [-0.3, -0.25) is 4.90 Å². The summed E-state index contributed by atoms with van der Waals surface area (Å²) >= 11 is 0. The molecule has 1 atom stereocenters. The van der Waals surface area contributed by atoms with Gasteiger partial charge in [-0.05, 0) is 24.7 Å². The van der Waals surface area contributed by atoms with E-state index in [1.54, 1.807) is 0 Å². The number of ether oxygens (including phenoxy) is 1. The van der Waals surface area contributed by atoms with Gasteiger partial charge >= 0.3 is 6.18 Å². The fourth-order valence-electron chi connectivity index (χ4n) is 2.32. The Morgan fingerprint density at radius 2 is 2.06 bits per heavy atom. The van der Waals surface area contributed by atoms with Gasteiger partial charge in [0.15, 0.2) is 6.10 Å². The van der Waals surface area contributed by atoms with Gasteiger partial charge in [-0.25, -0.2) is 0 Å². The first-order valence-electron chi connectivity index (χ1n) is 5.86. The molecule has 0 bridgehead atoms. The quantitative estimate of drug-likeness (QED) is 0.747. The van der Waals surface area contributed by atoms with Gasteiger partial charge in [-0.15, -0.1) is 0 Å². The summed E-state index contributed by atoms with van der Waals surface area (Å²) < 4.78 is 42.3. The van der Waals surface area contributed by atoms with Gasteiger partial charge in [0, 0.05) is 19.6 Å². The molecule has 5 heteroatoms. The maximum atomic E-state index is 12.5. The molecule has 0 amide bonds. The highest BCUT2D eigenvalue weighted by Crippen LogP contribution is 2.49. The summed E-state index contributed by atoms with van der Waals surface area (Å²) in [6, 6.07) is 0. The van der Waals surface area contributed by atoms with Crippen molar-refractivity contribution in [3.8, 4) is 0 Å². The third-order valence-electron chi connectivity index (χ3n) is 3.78. The van der Waals surface area contributed by atoms with Crippen LogP contribution in [0.25, 0.3) is 0 Å². The molecule has 2 aliphatic rings. The van der Waals surface area contributed by atoms with Crippen molar-refractivity contribution in [2.45, 2.75) is 38.5 Å². The van der Waals surface area contributed by atoms with Crippen LogP contribution < -0.4 is 0 Å². The van der Waals surface area contributed by atoms with Crippen LogP contribution in [0.3, 0.4) is 0 Å². The first-order chi connectivity index (χ1) is 7.45. The number of rotatable bonds is 3. The van der Waals surface area contributed by atoms with Gasteiger partial charge in [0.25, 0.3) is 0 Å². The molecule has 1 heterocycles. The van der Waals surface area contributed by atoms with Crippen molar-refractivity contribution in [3.63, 3.8) is 0 Å².